The number of carbonyl (C=O) groups is 1. The van der Waals surface area contributed by atoms with Gasteiger partial charge in [-0.05, 0) is 25.7 Å². The first-order valence-corrected chi connectivity index (χ1v) is 6.12. The van der Waals surface area contributed by atoms with Crippen molar-refractivity contribution in [2.75, 3.05) is 7.11 Å². The summed E-state index contributed by atoms with van der Waals surface area (Å²) in [6, 6.07) is 0.244. The Balaban J connectivity index is 2.47. The highest BCUT2D eigenvalue weighted by Gasteiger charge is 2.20. The van der Waals surface area contributed by atoms with Gasteiger partial charge in [0, 0.05) is 9.97 Å². The van der Waals surface area contributed by atoms with Gasteiger partial charge in [-0.2, -0.15) is 0 Å². The van der Waals surface area contributed by atoms with Gasteiger partial charge in [0.05, 0.1) is 7.11 Å². The van der Waals surface area contributed by atoms with E-state index in [2.05, 4.69) is 44.8 Å². The highest BCUT2D eigenvalue weighted by atomic mass is 127. The summed E-state index contributed by atoms with van der Waals surface area (Å²) in [5, 5.41) is 2.88. The van der Waals surface area contributed by atoms with Crippen LogP contribution in [0.4, 0.5) is 4.79 Å². The Hall–Kier alpha value is -0.260. The van der Waals surface area contributed by atoms with Gasteiger partial charge in [0.15, 0.2) is 0 Å². The van der Waals surface area contributed by atoms with Gasteiger partial charge >= 0.3 is 6.09 Å². The molecular formula is C10H16INO2. The molecular weight excluding hydrogens is 293 g/mol. The summed E-state index contributed by atoms with van der Waals surface area (Å²) in [6.45, 7) is 0. The minimum absolute atomic E-state index is 0.244. The summed E-state index contributed by atoms with van der Waals surface area (Å²) in [6.07, 6.45) is 8.40. The second kappa shape index (κ2) is 6.27. The molecule has 2 atom stereocenters. The van der Waals surface area contributed by atoms with Gasteiger partial charge in [-0.1, -0.05) is 34.7 Å². The van der Waals surface area contributed by atoms with Gasteiger partial charge in [0.1, 0.15) is 0 Å². The highest BCUT2D eigenvalue weighted by molar-refractivity contribution is 14.1. The van der Waals surface area contributed by atoms with Crippen molar-refractivity contribution in [3.8, 4) is 0 Å². The van der Waals surface area contributed by atoms with E-state index in [1.807, 2.05) is 0 Å². The molecule has 0 radical (unpaired) electrons. The number of alkyl carbamates (subject to hydrolysis) is 1. The largest absolute Gasteiger partial charge is 0.453 e. The number of amides is 1. The molecule has 1 amide bonds. The van der Waals surface area contributed by atoms with Crippen molar-refractivity contribution in [3.63, 3.8) is 0 Å². The highest BCUT2D eigenvalue weighted by Crippen LogP contribution is 2.19. The Kier molecular flexibility index (Phi) is 5.29. The molecule has 0 heterocycles. The van der Waals surface area contributed by atoms with Crippen LogP contribution in [0.15, 0.2) is 12.2 Å². The standard InChI is InChI=1S/C10H16INO2/c1-14-10(13)12-9-7-5-3-2-4-6-8(9)11/h2,4,8-9H,3,5-7H2,1H3,(H,12,13)/b4-2+/t8?,9-/m1/s1. The van der Waals surface area contributed by atoms with Gasteiger partial charge in [0.25, 0.3) is 0 Å². The molecule has 0 saturated carbocycles. The van der Waals surface area contributed by atoms with E-state index in [9.17, 15) is 4.79 Å². The van der Waals surface area contributed by atoms with E-state index in [0.29, 0.717) is 3.92 Å². The maximum absolute atomic E-state index is 11.1. The first kappa shape index (κ1) is 11.8. The van der Waals surface area contributed by atoms with Crippen LogP contribution in [0, 0.1) is 0 Å². The Morgan fingerprint density at radius 1 is 1.57 bits per heavy atom. The number of alkyl halides is 1. The van der Waals surface area contributed by atoms with Gasteiger partial charge in [-0.25, -0.2) is 4.79 Å². The van der Waals surface area contributed by atoms with Crippen molar-refractivity contribution in [1.82, 2.24) is 5.32 Å². The van der Waals surface area contributed by atoms with E-state index < -0.39 is 0 Å². The number of rotatable bonds is 1. The molecule has 1 rings (SSSR count). The lowest BCUT2D eigenvalue weighted by Crippen LogP contribution is -2.40. The van der Waals surface area contributed by atoms with Crippen LogP contribution < -0.4 is 5.32 Å². The van der Waals surface area contributed by atoms with E-state index in [1.54, 1.807) is 0 Å². The fraction of sp³-hybridized carbons (Fsp3) is 0.700. The topological polar surface area (TPSA) is 38.3 Å². The third-order valence-corrected chi connectivity index (χ3v) is 3.72. The Morgan fingerprint density at radius 2 is 2.36 bits per heavy atom. The first-order valence-electron chi connectivity index (χ1n) is 4.87. The van der Waals surface area contributed by atoms with Crippen LogP contribution in [-0.2, 0) is 4.74 Å². The minimum atomic E-state index is -0.318. The summed E-state index contributed by atoms with van der Waals surface area (Å²) >= 11 is 2.39. The van der Waals surface area contributed by atoms with E-state index in [1.165, 1.54) is 7.11 Å². The summed E-state index contributed by atoms with van der Waals surface area (Å²) < 4.78 is 5.06. The van der Waals surface area contributed by atoms with Crippen LogP contribution in [0.2, 0.25) is 0 Å². The molecule has 1 unspecified atom stereocenters. The smallest absolute Gasteiger partial charge is 0.407 e. The summed E-state index contributed by atoms with van der Waals surface area (Å²) in [5.41, 5.74) is 0. The predicted molar refractivity (Wildman–Crippen MR) is 64.7 cm³/mol. The van der Waals surface area contributed by atoms with Crippen molar-refractivity contribution < 1.29 is 9.53 Å². The maximum Gasteiger partial charge on any atom is 0.407 e. The number of halogens is 1. The second-order valence-electron chi connectivity index (χ2n) is 3.40. The molecule has 3 nitrogen and oxygen atoms in total. The average molecular weight is 309 g/mol. The Labute approximate surface area is 98.4 Å². The lowest BCUT2D eigenvalue weighted by Gasteiger charge is -2.23. The molecule has 0 aromatic heterocycles. The molecule has 1 aliphatic rings. The first-order chi connectivity index (χ1) is 6.74. The average Bonchev–Trinajstić information content (AvgIpc) is 2.17. The summed E-state index contributed by atoms with van der Waals surface area (Å²) in [5.74, 6) is 0. The molecule has 0 aromatic carbocycles. The van der Waals surface area contributed by atoms with Crippen molar-refractivity contribution >= 4 is 28.7 Å². The number of carbonyl (C=O) groups excluding carboxylic acids is 1. The number of methoxy groups -OCH3 is 1. The van der Waals surface area contributed by atoms with Gasteiger partial charge in [-0.15, -0.1) is 0 Å². The predicted octanol–water partition coefficient (Wildman–Crippen LogP) is 2.64. The number of nitrogens with one attached hydrogen (secondary N) is 1. The van der Waals surface area contributed by atoms with Crippen LogP contribution in [0.5, 0.6) is 0 Å². The van der Waals surface area contributed by atoms with E-state index in [0.717, 1.165) is 25.7 Å². The van der Waals surface area contributed by atoms with Crippen molar-refractivity contribution in [2.45, 2.75) is 35.6 Å². The molecule has 0 fully saturated rings. The molecule has 80 valence electrons. The van der Waals surface area contributed by atoms with E-state index >= 15 is 0 Å². The lowest BCUT2D eigenvalue weighted by atomic mass is 10.0. The zero-order valence-electron chi connectivity index (χ0n) is 8.33. The maximum atomic E-state index is 11.1. The Bertz CT molecular complexity index is 218. The SMILES string of the molecule is COC(=O)N[C@@H]1CCC/C=C/CC1I. The van der Waals surface area contributed by atoms with Crippen LogP contribution in [-0.4, -0.2) is 23.2 Å². The van der Waals surface area contributed by atoms with Crippen molar-refractivity contribution in [2.24, 2.45) is 0 Å². The van der Waals surface area contributed by atoms with Crippen LogP contribution in [0.1, 0.15) is 25.7 Å². The quantitative estimate of drug-likeness (QED) is 0.459. The van der Waals surface area contributed by atoms with Gasteiger partial charge in [-0.3, -0.25) is 0 Å². The molecule has 0 bridgehead atoms. The molecule has 14 heavy (non-hydrogen) atoms. The second-order valence-corrected chi connectivity index (χ2v) is 5.00. The van der Waals surface area contributed by atoms with E-state index in [4.69, 9.17) is 0 Å². The monoisotopic (exact) mass is 309 g/mol. The minimum Gasteiger partial charge on any atom is -0.453 e. The molecule has 0 aliphatic heterocycles. The number of hydrogen-bond acceptors (Lipinski definition) is 2. The fourth-order valence-corrected chi connectivity index (χ4v) is 2.35. The van der Waals surface area contributed by atoms with Gasteiger partial charge in [0.2, 0.25) is 0 Å². The van der Waals surface area contributed by atoms with Crippen molar-refractivity contribution in [3.05, 3.63) is 12.2 Å². The third-order valence-electron chi connectivity index (χ3n) is 2.34. The molecule has 1 aliphatic carbocycles. The number of ether oxygens (including phenoxy) is 1. The zero-order valence-corrected chi connectivity index (χ0v) is 10.5. The summed E-state index contributed by atoms with van der Waals surface area (Å²) in [7, 11) is 1.40. The zero-order chi connectivity index (χ0) is 10.4. The molecule has 1 N–H and O–H groups in total. The van der Waals surface area contributed by atoms with Gasteiger partial charge < -0.3 is 10.1 Å². The molecule has 0 saturated heterocycles. The molecule has 4 heteroatoms. The normalized spacial score (nSPS) is 29.9. The summed E-state index contributed by atoms with van der Waals surface area (Å²) in [4.78, 5) is 11.1. The molecule has 0 aromatic rings. The third kappa shape index (κ3) is 3.86. The molecule has 0 spiro atoms. The lowest BCUT2D eigenvalue weighted by molar-refractivity contribution is 0.165. The number of hydrogen-bond donors (Lipinski definition) is 1. The van der Waals surface area contributed by atoms with Crippen LogP contribution in [0.25, 0.3) is 0 Å². The Morgan fingerprint density at radius 3 is 3.07 bits per heavy atom. The number of allylic oxidation sites excluding steroid dienone is 2. The van der Waals surface area contributed by atoms with E-state index in [-0.39, 0.29) is 12.1 Å². The van der Waals surface area contributed by atoms with Crippen molar-refractivity contribution in [1.29, 1.82) is 0 Å². The van der Waals surface area contributed by atoms with Crippen LogP contribution in [0.3, 0.4) is 0 Å². The fourth-order valence-electron chi connectivity index (χ4n) is 1.52. The van der Waals surface area contributed by atoms with Crippen LogP contribution >= 0.6 is 22.6 Å².